The summed E-state index contributed by atoms with van der Waals surface area (Å²) in [6, 6.07) is 9.67. The van der Waals surface area contributed by atoms with Crippen molar-refractivity contribution in [1.82, 2.24) is 9.24 Å². The predicted octanol–water partition coefficient (Wildman–Crippen LogP) is 2.95. The van der Waals surface area contributed by atoms with E-state index in [9.17, 15) is 23.5 Å². The monoisotopic (exact) mass is 516 g/mol. The van der Waals surface area contributed by atoms with Gasteiger partial charge >= 0.3 is 5.69 Å². The lowest BCUT2D eigenvalue weighted by Gasteiger charge is -2.24. The maximum atomic E-state index is 14.3. The molecular weight excluding hydrogens is 486 g/mol. The second-order valence-corrected chi connectivity index (χ2v) is 8.73. The fourth-order valence-corrected chi connectivity index (χ4v) is 3.70. The highest BCUT2D eigenvalue weighted by atomic mass is 19.1. The topological polar surface area (TPSA) is 98.3 Å². The van der Waals surface area contributed by atoms with Crippen molar-refractivity contribution in [2.24, 2.45) is 5.16 Å². The normalized spacial score (nSPS) is 12.5. The van der Waals surface area contributed by atoms with Gasteiger partial charge in [0.25, 0.3) is 5.56 Å². The van der Waals surface area contributed by atoms with E-state index in [1.807, 2.05) is 0 Å². The Bertz CT molecular complexity index is 1400. The quantitative estimate of drug-likeness (QED) is 0.329. The van der Waals surface area contributed by atoms with E-state index in [2.05, 4.69) is 5.16 Å². The number of aliphatic hydroxyl groups is 1. The zero-order valence-corrected chi connectivity index (χ0v) is 21.3. The number of oxime groups is 1. The lowest BCUT2D eigenvalue weighted by molar-refractivity contribution is 0.0859. The minimum Gasteiger partial charge on any atom is -0.496 e. The number of methoxy groups -OCH3 is 1. The number of nitrogens with zero attached hydrogens (tertiary/aromatic N) is 4. The Morgan fingerprint density at radius 1 is 1.16 bits per heavy atom. The average molecular weight is 517 g/mol. The first-order valence-corrected chi connectivity index (χ1v) is 11.6. The van der Waals surface area contributed by atoms with Crippen molar-refractivity contribution < 1.29 is 23.5 Å². The zero-order chi connectivity index (χ0) is 27.3. The lowest BCUT2D eigenvalue weighted by atomic mass is 10.1. The molecule has 1 unspecified atom stereocenters. The Labute approximate surface area is 212 Å². The highest BCUT2D eigenvalue weighted by molar-refractivity contribution is 5.97. The SMILES string of the molecule is COc1ccc(F)cc1C(O)Cn1cc(/C(C)=N/OC(C)C)c(=O)n(N(C)Cc2ccccc2F)c1=O. The van der Waals surface area contributed by atoms with E-state index in [1.54, 1.807) is 32.9 Å². The summed E-state index contributed by atoms with van der Waals surface area (Å²) >= 11 is 0. The van der Waals surface area contributed by atoms with E-state index >= 15 is 0 Å². The summed E-state index contributed by atoms with van der Waals surface area (Å²) in [6.45, 7) is 4.64. The summed E-state index contributed by atoms with van der Waals surface area (Å²) in [5.74, 6) is -0.850. The first-order valence-electron chi connectivity index (χ1n) is 11.6. The minimum absolute atomic E-state index is 0.0269. The van der Waals surface area contributed by atoms with Gasteiger partial charge in [-0.1, -0.05) is 23.4 Å². The molecule has 0 amide bonds. The molecule has 9 nitrogen and oxygen atoms in total. The van der Waals surface area contributed by atoms with Crippen molar-refractivity contribution >= 4 is 5.71 Å². The molecule has 0 radical (unpaired) electrons. The molecular formula is C26H30F2N4O5. The third kappa shape index (κ3) is 6.42. The highest BCUT2D eigenvalue weighted by Crippen LogP contribution is 2.27. The molecule has 1 heterocycles. The van der Waals surface area contributed by atoms with Crippen LogP contribution in [0.25, 0.3) is 0 Å². The third-order valence-corrected chi connectivity index (χ3v) is 5.54. The number of aliphatic hydroxyl groups excluding tert-OH is 1. The summed E-state index contributed by atoms with van der Waals surface area (Å²) in [4.78, 5) is 32.1. The molecule has 37 heavy (non-hydrogen) atoms. The number of halogens is 2. The molecule has 0 aliphatic rings. The number of rotatable bonds is 10. The molecule has 198 valence electrons. The standard InChI is InChI=1S/C26H30F2N4O5/c1-16(2)37-29-17(3)21-14-31(15-23(33)20-12-19(27)10-11-24(20)36-5)26(35)32(25(21)34)30(4)13-18-8-6-7-9-22(18)28/h6-12,14,16,23,33H,13,15H2,1-5H3/b29-17+. The van der Waals surface area contributed by atoms with Crippen LogP contribution in [0.3, 0.4) is 0 Å². The van der Waals surface area contributed by atoms with Gasteiger partial charge in [0.1, 0.15) is 29.6 Å². The maximum absolute atomic E-state index is 14.3. The van der Waals surface area contributed by atoms with Crippen LogP contribution in [0.1, 0.15) is 43.6 Å². The fourth-order valence-electron chi connectivity index (χ4n) is 3.70. The zero-order valence-electron chi connectivity index (χ0n) is 21.3. The molecule has 0 aliphatic carbocycles. The molecule has 1 aromatic heterocycles. The van der Waals surface area contributed by atoms with Gasteiger partial charge in [-0.3, -0.25) is 9.36 Å². The fraction of sp³-hybridized carbons (Fsp3) is 0.346. The van der Waals surface area contributed by atoms with Gasteiger partial charge < -0.3 is 19.7 Å². The predicted molar refractivity (Wildman–Crippen MR) is 136 cm³/mol. The Morgan fingerprint density at radius 3 is 2.51 bits per heavy atom. The van der Waals surface area contributed by atoms with Crippen LogP contribution >= 0.6 is 0 Å². The Morgan fingerprint density at radius 2 is 1.86 bits per heavy atom. The number of hydrogen-bond donors (Lipinski definition) is 1. The van der Waals surface area contributed by atoms with Crippen LogP contribution in [-0.4, -0.2) is 40.3 Å². The van der Waals surface area contributed by atoms with Crippen LogP contribution in [0.5, 0.6) is 5.75 Å². The first kappa shape index (κ1) is 27.6. The smallest absolute Gasteiger partial charge is 0.350 e. The van der Waals surface area contributed by atoms with Gasteiger partial charge in [-0.15, -0.1) is 0 Å². The summed E-state index contributed by atoms with van der Waals surface area (Å²) in [5, 5.41) is 16.1. The van der Waals surface area contributed by atoms with E-state index in [4.69, 9.17) is 9.57 Å². The second kappa shape index (κ2) is 11.8. The van der Waals surface area contributed by atoms with E-state index in [-0.39, 0.29) is 47.3 Å². The largest absolute Gasteiger partial charge is 0.496 e. The Balaban J connectivity index is 2.12. The molecule has 11 heteroatoms. The molecule has 0 spiro atoms. The summed E-state index contributed by atoms with van der Waals surface area (Å²) < 4.78 is 35.3. The molecule has 0 saturated carbocycles. The van der Waals surface area contributed by atoms with Crippen molar-refractivity contribution in [3.63, 3.8) is 0 Å². The van der Waals surface area contributed by atoms with E-state index in [1.165, 1.54) is 49.6 Å². The van der Waals surface area contributed by atoms with Gasteiger partial charge in [-0.25, -0.2) is 13.6 Å². The van der Waals surface area contributed by atoms with Crippen molar-refractivity contribution in [3.8, 4) is 5.75 Å². The first-order chi connectivity index (χ1) is 17.5. The van der Waals surface area contributed by atoms with Crippen LogP contribution in [0.15, 0.2) is 63.4 Å². The van der Waals surface area contributed by atoms with Crippen LogP contribution in [-0.2, 0) is 17.9 Å². The molecule has 1 atom stereocenters. The van der Waals surface area contributed by atoms with Gasteiger partial charge in [0.15, 0.2) is 0 Å². The summed E-state index contributed by atoms with van der Waals surface area (Å²) in [6.07, 6.45) is -0.354. The van der Waals surface area contributed by atoms with Crippen molar-refractivity contribution in [2.45, 2.75) is 46.1 Å². The number of ether oxygens (including phenoxy) is 1. The molecule has 2 aromatic carbocycles. The molecule has 1 N–H and O–H groups in total. The minimum atomic E-state index is -1.36. The lowest BCUT2D eigenvalue weighted by Crippen LogP contribution is -2.52. The van der Waals surface area contributed by atoms with Crippen molar-refractivity contribution in [3.05, 3.63) is 97.8 Å². The van der Waals surface area contributed by atoms with Gasteiger partial charge in [0.05, 0.1) is 31.5 Å². The molecule has 0 bridgehead atoms. The maximum Gasteiger partial charge on any atom is 0.350 e. The molecule has 0 aliphatic heterocycles. The highest BCUT2D eigenvalue weighted by Gasteiger charge is 2.21. The number of aromatic nitrogens is 2. The number of hydrogen-bond acceptors (Lipinski definition) is 7. The van der Waals surface area contributed by atoms with E-state index in [0.29, 0.717) is 0 Å². The van der Waals surface area contributed by atoms with Gasteiger partial charge in [-0.2, -0.15) is 4.68 Å². The third-order valence-electron chi connectivity index (χ3n) is 5.54. The molecule has 0 saturated heterocycles. The van der Waals surface area contributed by atoms with Gasteiger partial charge in [0, 0.05) is 24.4 Å². The van der Waals surface area contributed by atoms with Crippen LogP contribution < -0.4 is 21.0 Å². The van der Waals surface area contributed by atoms with Crippen molar-refractivity contribution in [2.75, 3.05) is 19.2 Å². The molecule has 3 aromatic rings. The Hall–Kier alpha value is -3.99. The summed E-state index contributed by atoms with van der Waals surface area (Å²) in [5.41, 5.74) is -0.878. The molecule has 3 rings (SSSR count). The average Bonchev–Trinajstić information content (AvgIpc) is 2.85. The molecule has 0 fully saturated rings. The van der Waals surface area contributed by atoms with E-state index < -0.39 is 29.0 Å². The van der Waals surface area contributed by atoms with Gasteiger partial charge in [-0.05, 0) is 45.0 Å². The van der Waals surface area contributed by atoms with E-state index in [0.717, 1.165) is 15.3 Å². The van der Waals surface area contributed by atoms with Crippen molar-refractivity contribution in [1.29, 1.82) is 0 Å². The summed E-state index contributed by atoms with van der Waals surface area (Å²) in [7, 11) is 2.84. The van der Waals surface area contributed by atoms with Crippen LogP contribution in [0.4, 0.5) is 8.78 Å². The van der Waals surface area contributed by atoms with Crippen LogP contribution in [0.2, 0.25) is 0 Å². The number of benzene rings is 2. The van der Waals surface area contributed by atoms with Gasteiger partial charge in [0.2, 0.25) is 0 Å². The van der Waals surface area contributed by atoms with Crippen LogP contribution in [0, 0.1) is 11.6 Å². The Kier molecular flexibility index (Phi) is 8.82. The second-order valence-electron chi connectivity index (χ2n) is 8.73.